The van der Waals surface area contributed by atoms with Gasteiger partial charge in [-0.1, -0.05) is 13.8 Å². The lowest BCUT2D eigenvalue weighted by Gasteiger charge is -2.33. The molecular weight excluding hydrogens is 236 g/mol. The monoisotopic (exact) mass is 262 g/mol. The molecule has 1 amide bonds. The zero-order chi connectivity index (χ0) is 12.1. The van der Waals surface area contributed by atoms with E-state index in [1.165, 1.54) is 0 Å². The third kappa shape index (κ3) is 5.26. The molecule has 102 valence electrons. The third-order valence-electron chi connectivity index (χ3n) is 3.11. The maximum absolute atomic E-state index is 12.4. The van der Waals surface area contributed by atoms with Crippen molar-refractivity contribution in [3.63, 3.8) is 0 Å². The second kappa shape index (κ2) is 7.93. The molecule has 4 heteroatoms. The molecule has 0 spiro atoms. The fourth-order valence-electron chi connectivity index (χ4n) is 2.25. The Balaban J connectivity index is 0.00000256. The molecule has 0 radical (unpaired) electrons. The van der Waals surface area contributed by atoms with E-state index in [1.807, 2.05) is 4.90 Å². The van der Waals surface area contributed by atoms with Crippen LogP contribution in [0.3, 0.4) is 0 Å². The highest BCUT2D eigenvalue weighted by molar-refractivity contribution is 5.85. The number of nitrogens with one attached hydrogen (secondary N) is 1. The summed E-state index contributed by atoms with van der Waals surface area (Å²) in [6.07, 6.45) is 2.18. The summed E-state index contributed by atoms with van der Waals surface area (Å²) in [5.74, 6) is 1.09. The fraction of sp³-hybridized carbons (Fsp3) is 0.923. The standard InChI is InChI=1S/C13H26N2O.ClH/c1-10(2)9-15(11(3)4)13(16)12-6-5-7-14-8-12;/h10-12,14H,5-9H2,1-4H3;1H/t12-;/m1./s1. The minimum atomic E-state index is 0. The molecule has 0 unspecified atom stereocenters. The molecule has 0 saturated carbocycles. The molecule has 0 aliphatic carbocycles. The number of nitrogens with zero attached hydrogens (tertiary/aromatic N) is 1. The summed E-state index contributed by atoms with van der Waals surface area (Å²) in [7, 11) is 0. The summed E-state index contributed by atoms with van der Waals surface area (Å²) in [4.78, 5) is 14.4. The zero-order valence-electron chi connectivity index (χ0n) is 11.5. The van der Waals surface area contributed by atoms with Crippen LogP contribution in [0.15, 0.2) is 0 Å². The van der Waals surface area contributed by atoms with E-state index in [9.17, 15) is 4.79 Å². The van der Waals surface area contributed by atoms with Gasteiger partial charge in [0.2, 0.25) is 5.91 Å². The van der Waals surface area contributed by atoms with Crippen LogP contribution in [0, 0.1) is 11.8 Å². The second-order valence-electron chi connectivity index (χ2n) is 5.52. The molecule has 17 heavy (non-hydrogen) atoms. The molecule has 1 fully saturated rings. The summed E-state index contributed by atoms with van der Waals surface area (Å²) in [6.45, 7) is 11.4. The van der Waals surface area contributed by atoms with Crippen LogP contribution in [0.1, 0.15) is 40.5 Å². The van der Waals surface area contributed by atoms with Crippen LogP contribution in [0.2, 0.25) is 0 Å². The first-order chi connectivity index (χ1) is 7.52. The lowest BCUT2D eigenvalue weighted by molar-refractivity contribution is -0.138. The number of hydrogen-bond acceptors (Lipinski definition) is 2. The topological polar surface area (TPSA) is 32.3 Å². The molecular formula is C13H27ClN2O. The van der Waals surface area contributed by atoms with Crippen LogP contribution >= 0.6 is 12.4 Å². The average molecular weight is 263 g/mol. The van der Waals surface area contributed by atoms with Gasteiger partial charge in [0, 0.05) is 19.1 Å². The predicted octanol–water partition coefficient (Wildman–Crippen LogP) is 2.30. The Morgan fingerprint density at radius 1 is 1.35 bits per heavy atom. The van der Waals surface area contributed by atoms with Gasteiger partial charge < -0.3 is 10.2 Å². The van der Waals surface area contributed by atoms with Crippen molar-refractivity contribution >= 4 is 18.3 Å². The first-order valence-electron chi connectivity index (χ1n) is 6.53. The Morgan fingerprint density at radius 2 is 2.00 bits per heavy atom. The summed E-state index contributed by atoms with van der Waals surface area (Å²) >= 11 is 0. The van der Waals surface area contributed by atoms with E-state index >= 15 is 0 Å². The minimum Gasteiger partial charge on any atom is -0.340 e. The molecule has 1 rings (SSSR count). The van der Waals surface area contributed by atoms with Crippen molar-refractivity contribution < 1.29 is 4.79 Å². The highest BCUT2D eigenvalue weighted by atomic mass is 35.5. The smallest absolute Gasteiger partial charge is 0.227 e. The van der Waals surface area contributed by atoms with Crippen molar-refractivity contribution in [3.05, 3.63) is 0 Å². The maximum Gasteiger partial charge on any atom is 0.227 e. The van der Waals surface area contributed by atoms with E-state index in [0.29, 0.717) is 17.9 Å². The molecule has 1 aliphatic rings. The van der Waals surface area contributed by atoms with Gasteiger partial charge in [0.25, 0.3) is 0 Å². The number of hydrogen-bond donors (Lipinski definition) is 1. The lowest BCUT2D eigenvalue weighted by atomic mass is 9.97. The number of amides is 1. The normalized spacial score (nSPS) is 20.2. The van der Waals surface area contributed by atoms with Gasteiger partial charge in [0.05, 0.1) is 5.92 Å². The van der Waals surface area contributed by atoms with Crippen molar-refractivity contribution in [2.75, 3.05) is 19.6 Å². The largest absolute Gasteiger partial charge is 0.340 e. The molecule has 0 aromatic rings. The molecule has 0 aromatic carbocycles. The number of carbonyl (C=O) groups excluding carboxylic acids is 1. The quantitative estimate of drug-likeness (QED) is 0.843. The van der Waals surface area contributed by atoms with Crippen LogP contribution < -0.4 is 5.32 Å². The van der Waals surface area contributed by atoms with Crippen LogP contribution in [-0.2, 0) is 4.79 Å². The summed E-state index contributed by atoms with van der Waals surface area (Å²) in [6, 6.07) is 0.317. The Bertz CT molecular complexity index is 225. The first kappa shape index (κ1) is 16.7. The molecule has 1 heterocycles. The molecule has 1 saturated heterocycles. The van der Waals surface area contributed by atoms with Gasteiger partial charge in [-0.25, -0.2) is 0 Å². The van der Waals surface area contributed by atoms with Crippen molar-refractivity contribution in [2.24, 2.45) is 11.8 Å². The van der Waals surface area contributed by atoms with E-state index in [1.54, 1.807) is 0 Å². The molecule has 1 aliphatic heterocycles. The van der Waals surface area contributed by atoms with Gasteiger partial charge in [-0.15, -0.1) is 12.4 Å². The highest BCUT2D eigenvalue weighted by Gasteiger charge is 2.27. The van der Waals surface area contributed by atoms with Crippen LogP contribution in [-0.4, -0.2) is 36.5 Å². The Labute approximate surface area is 112 Å². The average Bonchev–Trinajstić information content (AvgIpc) is 2.25. The van der Waals surface area contributed by atoms with E-state index in [-0.39, 0.29) is 18.3 Å². The Hall–Kier alpha value is -0.280. The van der Waals surface area contributed by atoms with E-state index in [2.05, 4.69) is 33.0 Å². The van der Waals surface area contributed by atoms with Crippen molar-refractivity contribution in [3.8, 4) is 0 Å². The highest BCUT2D eigenvalue weighted by Crippen LogP contribution is 2.16. The van der Waals surface area contributed by atoms with E-state index in [4.69, 9.17) is 0 Å². The van der Waals surface area contributed by atoms with Gasteiger partial charge in [-0.2, -0.15) is 0 Å². The number of halogens is 1. The second-order valence-corrected chi connectivity index (χ2v) is 5.52. The van der Waals surface area contributed by atoms with Gasteiger partial charge >= 0.3 is 0 Å². The van der Waals surface area contributed by atoms with Crippen molar-refractivity contribution in [2.45, 2.75) is 46.6 Å². The number of rotatable bonds is 4. The predicted molar refractivity (Wildman–Crippen MR) is 74.5 cm³/mol. The van der Waals surface area contributed by atoms with Gasteiger partial charge in [-0.3, -0.25) is 4.79 Å². The maximum atomic E-state index is 12.4. The van der Waals surface area contributed by atoms with E-state index < -0.39 is 0 Å². The van der Waals surface area contributed by atoms with Gasteiger partial charge in [-0.05, 0) is 39.2 Å². The summed E-state index contributed by atoms with van der Waals surface area (Å²) in [5.41, 5.74) is 0. The van der Waals surface area contributed by atoms with Gasteiger partial charge in [0.15, 0.2) is 0 Å². The minimum absolute atomic E-state index is 0. The molecule has 1 N–H and O–H groups in total. The number of piperidine rings is 1. The van der Waals surface area contributed by atoms with Crippen LogP contribution in [0.25, 0.3) is 0 Å². The number of carbonyl (C=O) groups is 1. The molecule has 0 bridgehead atoms. The lowest BCUT2D eigenvalue weighted by Crippen LogP contribution is -2.47. The van der Waals surface area contributed by atoms with Crippen LogP contribution in [0.4, 0.5) is 0 Å². The van der Waals surface area contributed by atoms with Crippen molar-refractivity contribution in [1.82, 2.24) is 10.2 Å². The van der Waals surface area contributed by atoms with Crippen LogP contribution in [0.5, 0.6) is 0 Å². The van der Waals surface area contributed by atoms with Crippen molar-refractivity contribution in [1.29, 1.82) is 0 Å². The molecule has 0 aromatic heterocycles. The Morgan fingerprint density at radius 3 is 2.41 bits per heavy atom. The SMILES string of the molecule is CC(C)CN(C(=O)[C@@H]1CCCNC1)C(C)C.Cl. The molecule has 1 atom stereocenters. The summed E-state index contributed by atoms with van der Waals surface area (Å²) < 4.78 is 0. The van der Waals surface area contributed by atoms with Gasteiger partial charge in [0.1, 0.15) is 0 Å². The first-order valence-corrected chi connectivity index (χ1v) is 6.53. The molecule has 3 nitrogen and oxygen atoms in total. The Kier molecular flexibility index (Phi) is 7.80. The summed E-state index contributed by atoms with van der Waals surface area (Å²) in [5, 5.41) is 3.32. The third-order valence-corrected chi connectivity index (χ3v) is 3.11. The van der Waals surface area contributed by atoms with E-state index in [0.717, 1.165) is 32.5 Å². The fourth-order valence-corrected chi connectivity index (χ4v) is 2.25. The zero-order valence-corrected chi connectivity index (χ0v) is 12.3.